The molecule has 0 aliphatic heterocycles. The number of aromatic nitrogens is 2. The lowest BCUT2D eigenvalue weighted by Gasteiger charge is -2.02. The van der Waals surface area contributed by atoms with Gasteiger partial charge in [0.2, 0.25) is 0 Å². The average Bonchev–Trinajstić information content (AvgIpc) is 3.04. The highest BCUT2D eigenvalue weighted by Crippen LogP contribution is 2.20. The first-order valence-electron chi connectivity index (χ1n) is 7.56. The Morgan fingerprint density at radius 1 is 1.40 bits per heavy atom. The summed E-state index contributed by atoms with van der Waals surface area (Å²) in [5, 5.41) is 13.3. The molecule has 0 spiro atoms. The zero-order valence-electron chi connectivity index (χ0n) is 13.4. The summed E-state index contributed by atoms with van der Waals surface area (Å²) in [6.45, 7) is 1.64. The number of thiophene rings is 1. The molecule has 25 heavy (non-hydrogen) atoms. The first kappa shape index (κ1) is 16.8. The predicted molar refractivity (Wildman–Crippen MR) is 95.8 cm³/mol. The molecule has 0 aliphatic rings. The third kappa shape index (κ3) is 3.92. The zero-order chi connectivity index (χ0) is 17.8. The molecule has 7 nitrogen and oxygen atoms in total. The van der Waals surface area contributed by atoms with Gasteiger partial charge >= 0.3 is 5.97 Å². The third-order valence-corrected chi connectivity index (χ3v) is 4.60. The Kier molecular flexibility index (Phi) is 4.90. The lowest BCUT2D eigenvalue weighted by Crippen LogP contribution is -2.16. The van der Waals surface area contributed by atoms with Crippen molar-refractivity contribution in [1.82, 2.24) is 9.66 Å². The molecular weight excluding hydrogens is 342 g/mol. The highest BCUT2D eigenvalue weighted by Gasteiger charge is 2.07. The quantitative estimate of drug-likeness (QED) is 0.684. The Labute approximate surface area is 146 Å². The highest BCUT2D eigenvalue weighted by molar-refractivity contribution is 7.18. The van der Waals surface area contributed by atoms with Gasteiger partial charge in [-0.2, -0.15) is 9.78 Å². The van der Waals surface area contributed by atoms with E-state index < -0.39 is 12.6 Å². The molecule has 1 N–H and O–H groups in total. The maximum absolute atomic E-state index is 12.4. The number of rotatable bonds is 6. The van der Waals surface area contributed by atoms with Gasteiger partial charge in [0.25, 0.3) is 5.56 Å². The van der Waals surface area contributed by atoms with E-state index in [2.05, 4.69) is 10.1 Å². The molecular formula is C17H15N3O4S. The standard InChI is InChI=1S/C17H15N3O4S/c1-2-13-7-14-16(25-13)18-10-20(17(14)23)19-8-11-3-5-12(6-4-11)24-9-15(21)22/h3-8,10H,2,9H2,1H3,(H,21,22)/b19-8-. The van der Waals surface area contributed by atoms with Gasteiger partial charge in [0.15, 0.2) is 6.61 Å². The molecule has 0 unspecified atom stereocenters. The maximum atomic E-state index is 12.4. The third-order valence-electron chi connectivity index (χ3n) is 3.41. The van der Waals surface area contributed by atoms with Crippen molar-refractivity contribution in [2.45, 2.75) is 13.3 Å². The molecule has 8 heteroatoms. The molecule has 3 rings (SSSR count). The molecule has 1 aromatic carbocycles. The van der Waals surface area contributed by atoms with Crippen molar-refractivity contribution in [3.63, 3.8) is 0 Å². The summed E-state index contributed by atoms with van der Waals surface area (Å²) in [7, 11) is 0. The first-order valence-corrected chi connectivity index (χ1v) is 8.37. The van der Waals surface area contributed by atoms with Crippen LogP contribution < -0.4 is 10.3 Å². The van der Waals surface area contributed by atoms with E-state index in [-0.39, 0.29) is 5.56 Å². The van der Waals surface area contributed by atoms with Gasteiger partial charge in [-0.25, -0.2) is 9.78 Å². The molecule has 2 heterocycles. The Bertz CT molecular complexity index is 989. The predicted octanol–water partition coefficient (Wildman–Crippen LogP) is 2.37. The second-order valence-corrected chi connectivity index (χ2v) is 6.29. The normalized spacial score (nSPS) is 11.2. The highest BCUT2D eigenvalue weighted by atomic mass is 32.1. The van der Waals surface area contributed by atoms with E-state index in [1.54, 1.807) is 24.3 Å². The van der Waals surface area contributed by atoms with E-state index in [1.807, 2.05) is 13.0 Å². The van der Waals surface area contributed by atoms with Crippen molar-refractivity contribution in [3.8, 4) is 5.75 Å². The van der Waals surface area contributed by atoms with Gasteiger partial charge in [-0.3, -0.25) is 4.79 Å². The summed E-state index contributed by atoms with van der Waals surface area (Å²) in [5.74, 6) is -0.585. The van der Waals surface area contributed by atoms with Crippen molar-refractivity contribution in [1.29, 1.82) is 0 Å². The second-order valence-electron chi connectivity index (χ2n) is 5.18. The van der Waals surface area contributed by atoms with Crippen LogP contribution in [-0.2, 0) is 11.2 Å². The van der Waals surface area contributed by atoms with Crippen LogP contribution in [0.4, 0.5) is 0 Å². The van der Waals surface area contributed by atoms with Gasteiger partial charge in [0, 0.05) is 4.88 Å². The van der Waals surface area contributed by atoms with Crippen LogP contribution in [0, 0.1) is 0 Å². The smallest absolute Gasteiger partial charge is 0.341 e. The van der Waals surface area contributed by atoms with Gasteiger partial charge in [-0.15, -0.1) is 11.3 Å². The van der Waals surface area contributed by atoms with Crippen LogP contribution in [0.15, 0.2) is 46.6 Å². The van der Waals surface area contributed by atoms with Crippen molar-refractivity contribution < 1.29 is 14.6 Å². The summed E-state index contributed by atoms with van der Waals surface area (Å²) in [5.41, 5.74) is 0.535. The van der Waals surface area contributed by atoms with Crippen LogP contribution >= 0.6 is 11.3 Å². The molecule has 0 atom stereocenters. The van der Waals surface area contributed by atoms with Crippen molar-refractivity contribution >= 4 is 33.7 Å². The van der Waals surface area contributed by atoms with E-state index >= 15 is 0 Å². The molecule has 0 saturated heterocycles. The van der Waals surface area contributed by atoms with E-state index in [9.17, 15) is 9.59 Å². The molecule has 0 bridgehead atoms. The minimum Gasteiger partial charge on any atom is -0.482 e. The summed E-state index contributed by atoms with van der Waals surface area (Å²) in [4.78, 5) is 29.0. The van der Waals surface area contributed by atoms with E-state index in [0.29, 0.717) is 16.0 Å². The summed E-state index contributed by atoms with van der Waals surface area (Å²) < 4.78 is 6.26. The topological polar surface area (TPSA) is 93.8 Å². The number of carboxylic acids is 1. The number of benzene rings is 1. The summed E-state index contributed by atoms with van der Waals surface area (Å²) >= 11 is 1.51. The molecule has 2 aromatic heterocycles. The lowest BCUT2D eigenvalue weighted by molar-refractivity contribution is -0.139. The average molecular weight is 357 g/mol. The van der Waals surface area contributed by atoms with Crippen molar-refractivity contribution in [2.75, 3.05) is 6.61 Å². The Balaban J connectivity index is 1.79. The minimum atomic E-state index is -1.03. The van der Waals surface area contributed by atoms with Gasteiger partial charge in [0.05, 0.1) is 11.6 Å². The largest absolute Gasteiger partial charge is 0.482 e. The first-order chi connectivity index (χ1) is 12.1. The number of hydrogen-bond acceptors (Lipinski definition) is 6. The Morgan fingerprint density at radius 3 is 2.84 bits per heavy atom. The van der Waals surface area contributed by atoms with Crippen LogP contribution in [0.5, 0.6) is 5.75 Å². The number of fused-ring (bicyclic) bond motifs is 1. The number of ether oxygens (including phenoxy) is 1. The second kappa shape index (κ2) is 7.27. The van der Waals surface area contributed by atoms with Crippen LogP contribution in [0.3, 0.4) is 0 Å². The number of carboxylic acid groups (broad SMARTS) is 1. The molecule has 0 fully saturated rings. The molecule has 3 aromatic rings. The van der Waals surface area contributed by atoms with Crippen molar-refractivity contribution in [2.24, 2.45) is 5.10 Å². The monoisotopic (exact) mass is 357 g/mol. The van der Waals surface area contributed by atoms with Crippen LogP contribution in [0.25, 0.3) is 10.2 Å². The number of aliphatic carboxylic acids is 1. The molecule has 128 valence electrons. The van der Waals surface area contributed by atoms with E-state index in [1.165, 1.54) is 28.6 Å². The zero-order valence-corrected chi connectivity index (χ0v) is 14.2. The fourth-order valence-corrected chi connectivity index (χ4v) is 3.07. The molecule has 0 saturated carbocycles. The van der Waals surface area contributed by atoms with E-state index in [4.69, 9.17) is 9.84 Å². The van der Waals surface area contributed by atoms with E-state index in [0.717, 1.165) is 16.9 Å². The van der Waals surface area contributed by atoms with Crippen LogP contribution in [0.2, 0.25) is 0 Å². The SMILES string of the molecule is CCc1cc2c(=O)n(/N=C\c3ccc(OCC(=O)O)cc3)cnc2s1. The maximum Gasteiger partial charge on any atom is 0.341 e. The number of aryl methyl sites for hydroxylation is 1. The fourth-order valence-electron chi connectivity index (χ4n) is 2.14. The molecule has 0 aliphatic carbocycles. The summed E-state index contributed by atoms with van der Waals surface area (Å²) in [6, 6.07) is 8.58. The number of carbonyl (C=O) groups is 1. The molecule has 0 amide bonds. The summed E-state index contributed by atoms with van der Waals surface area (Å²) in [6.07, 6.45) is 3.80. The van der Waals surface area contributed by atoms with Crippen molar-refractivity contribution in [3.05, 3.63) is 57.5 Å². The van der Waals surface area contributed by atoms with Crippen LogP contribution in [-0.4, -0.2) is 33.6 Å². The molecule has 0 radical (unpaired) electrons. The minimum absolute atomic E-state index is 0.210. The van der Waals surface area contributed by atoms with Gasteiger partial charge in [-0.05, 0) is 42.3 Å². The van der Waals surface area contributed by atoms with Gasteiger partial charge in [0.1, 0.15) is 16.9 Å². The van der Waals surface area contributed by atoms with Gasteiger partial charge < -0.3 is 9.84 Å². The fraction of sp³-hybridized carbons (Fsp3) is 0.176. The Hall–Kier alpha value is -3.00. The lowest BCUT2D eigenvalue weighted by atomic mass is 10.2. The number of nitrogens with zero attached hydrogens (tertiary/aromatic N) is 3. The Morgan fingerprint density at radius 2 is 2.16 bits per heavy atom. The number of hydrogen-bond donors (Lipinski definition) is 1. The van der Waals surface area contributed by atoms with Gasteiger partial charge in [-0.1, -0.05) is 6.92 Å². The van der Waals surface area contributed by atoms with Crippen LogP contribution in [0.1, 0.15) is 17.4 Å².